The fourth-order valence-electron chi connectivity index (χ4n) is 3.64. The molecular formula is C27H22ClF3N4O. The van der Waals surface area contributed by atoms with E-state index in [1.807, 2.05) is 24.3 Å². The molecule has 0 bridgehead atoms. The van der Waals surface area contributed by atoms with Crippen molar-refractivity contribution in [2.24, 2.45) is 0 Å². The van der Waals surface area contributed by atoms with Crippen molar-refractivity contribution in [1.29, 1.82) is 0 Å². The molecule has 0 radical (unpaired) electrons. The van der Waals surface area contributed by atoms with Gasteiger partial charge < -0.3 is 16.4 Å². The molecule has 0 aliphatic carbocycles. The molecule has 0 saturated carbocycles. The predicted octanol–water partition coefficient (Wildman–Crippen LogP) is 6.91. The lowest BCUT2D eigenvalue weighted by Crippen LogP contribution is -2.13. The average molecular weight is 511 g/mol. The Morgan fingerprint density at radius 3 is 2.28 bits per heavy atom. The van der Waals surface area contributed by atoms with Gasteiger partial charge in [0, 0.05) is 40.6 Å². The number of nitrogens with one attached hydrogen (secondary N) is 2. The third-order valence-electron chi connectivity index (χ3n) is 5.43. The minimum Gasteiger partial charge on any atom is -0.385 e. The lowest BCUT2D eigenvalue weighted by molar-refractivity contribution is -0.137. The largest absolute Gasteiger partial charge is 0.416 e. The van der Waals surface area contributed by atoms with Gasteiger partial charge in [-0.1, -0.05) is 35.9 Å². The number of nitrogen functional groups attached to an aromatic ring is 1. The average Bonchev–Trinajstić information content (AvgIpc) is 2.85. The zero-order valence-electron chi connectivity index (χ0n) is 18.9. The maximum Gasteiger partial charge on any atom is 0.416 e. The minimum absolute atomic E-state index is 0.249. The molecule has 1 heterocycles. The summed E-state index contributed by atoms with van der Waals surface area (Å²) >= 11 is 6.11. The maximum absolute atomic E-state index is 13.0. The Kier molecular flexibility index (Phi) is 7.45. The van der Waals surface area contributed by atoms with E-state index in [9.17, 15) is 18.0 Å². The summed E-state index contributed by atoms with van der Waals surface area (Å²) in [7, 11) is 0. The van der Waals surface area contributed by atoms with Gasteiger partial charge in [-0.3, -0.25) is 4.79 Å². The van der Waals surface area contributed by atoms with Gasteiger partial charge in [0.25, 0.3) is 5.91 Å². The quantitative estimate of drug-likeness (QED) is 0.252. The van der Waals surface area contributed by atoms with Gasteiger partial charge in [0.05, 0.1) is 5.56 Å². The number of benzene rings is 3. The molecule has 0 aliphatic rings. The highest BCUT2D eigenvalue weighted by Gasteiger charge is 2.30. The van der Waals surface area contributed by atoms with E-state index < -0.39 is 17.6 Å². The van der Waals surface area contributed by atoms with Crippen LogP contribution in [0.15, 0.2) is 84.9 Å². The van der Waals surface area contributed by atoms with Crippen LogP contribution in [0.25, 0.3) is 11.1 Å². The van der Waals surface area contributed by atoms with Crippen molar-refractivity contribution in [3.05, 3.63) is 107 Å². The predicted molar refractivity (Wildman–Crippen MR) is 137 cm³/mol. The van der Waals surface area contributed by atoms with Crippen LogP contribution in [-0.4, -0.2) is 17.4 Å². The van der Waals surface area contributed by atoms with Gasteiger partial charge in [0.2, 0.25) is 0 Å². The standard InChI is InChI=1S/C27H22ClF3N4O/c28-19-8-13-23(17-4-6-18(7-5-17)27(29,30)31)24(16-19)26(36)35-22-11-9-20(10-12-22)33-15-14-21-2-1-3-25(32)34-21/h1-13,16,33H,14-15H2,(H2,32,34)(H,35,36). The van der Waals surface area contributed by atoms with Crippen LogP contribution in [-0.2, 0) is 12.6 Å². The number of carbonyl (C=O) groups excluding carboxylic acids is 1. The van der Waals surface area contributed by atoms with Gasteiger partial charge in [-0.25, -0.2) is 4.98 Å². The molecule has 1 amide bonds. The Bertz CT molecular complexity index is 1360. The molecule has 0 aliphatic heterocycles. The Labute approximate surface area is 211 Å². The summed E-state index contributed by atoms with van der Waals surface area (Å²) in [6.07, 6.45) is -3.74. The summed E-state index contributed by atoms with van der Waals surface area (Å²) < 4.78 is 38.8. The highest BCUT2D eigenvalue weighted by molar-refractivity contribution is 6.31. The lowest BCUT2D eigenvalue weighted by Gasteiger charge is -2.13. The Morgan fingerprint density at radius 2 is 1.61 bits per heavy atom. The molecule has 4 N–H and O–H groups in total. The summed E-state index contributed by atoms with van der Waals surface area (Å²) in [6.45, 7) is 0.654. The first-order valence-corrected chi connectivity index (χ1v) is 11.4. The van der Waals surface area contributed by atoms with Crippen LogP contribution in [0, 0.1) is 0 Å². The van der Waals surface area contributed by atoms with E-state index in [0.717, 1.165) is 23.5 Å². The number of carbonyl (C=O) groups is 1. The monoisotopic (exact) mass is 510 g/mol. The van der Waals surface area contributed by atoms with Crippen molar-refractivity contribution in [3.63, 3.8) is 0 Å². The summed E-state index contributed by atoms with van der Waals surface area (Å²) in [6, 6.07) is 22.0. The zero-order chi connectivity index (χ0) is 25.7. The van der Waals surface area contributed by atoms with Crippen LogP contribution in [0.3, 0.4) is 0 Å². The number of halogens is 4. The molecule has 9 heteroatoms. The fourth-order valence-corrected chi connectivity index (χ4v) is 3.81. The first-order valence-electron chi connectivity index (χ1n) is 11.0. The van der Waals surface area contributed by atoms with Crippen LogP contribution in [0.1, 0.15) is 21.6 Å². The lowest BCUT2D eigenvalue weighted by atomic mass is 9.98. The van der Waals surface area contributed by atoms with Crippen LogP contribution in [0.2, 0.25) is 5.02 Å². The number of nitrogens with zero attached hydrogens (tertiary/aromatic N) is 1. The zero-order valence-corrected chi connectivity index (χ0v) is 19.7. The molecule has 184 valence electrons. The number of aromatic nitrogens is 1. The topological polar surface area (TPSA) is 80.0 Å². The van der Waals surface area contributed by atoms with Gasteiger partial charge in [-0.2, -0.15) is 13.2 Å². The number of hydrogen-bond donors (Lipinski definition) is 3. The summed E-state index contributed by atoms with van der Waals surface area (Å²) in [5, 5.41) is 6.44. The number of amides is 1. The van der Waals surface area contributed by atoms with E-state index in [1.54, 1.807) is 30.3 Å². The minimum atomic E-state index is -4.44. The Hall–Kier alpha value is -4.04. The van der Waals surface area contributed by atoms with E-state index in [-0.39, 0.29) is 5.56 Å². The molecule has 4 rings (SSSR count). The summed E-state index contributed by atoms with van der Waals surface area (Å²) in [5.74, 6) is 0.0506. The molecule has 0 unspecified atom stereocenters. The molecular weight excluding hydrogens is 489 g/mol. The van der Waals surface area contributed by atoms with Gasteiger partial charge in [-0.05, 0) is 71.8 Å². The van der Waals surface area contributed by atoms with E-state index in [0.29, 0.717) is 40.6 Å². The number of hydrogen-bond acceptors (Lipinski definition) is 4. The second kappa shape index (κ2) is 10.7. The summed E-state index contributed by atoms with van der Waals surface area (Å²) in [5.41, 5.74) is 8.44. The molecule has 0 atom stereocenters. The smallest absolute Gasteiger partial charge is 0.385 e. The van der Waals surface area contributed by atoms with E-state index in [1.165, 1.54) is 18.2 Å². The SMILES string of the molecule is Nc1cccc(CCNc2ccc(NC(=O)c3cc(Cl)ccc3-c3ccc(C(F)(F)F)cc3)cc2)n1. The number of rotatable bonds is 7. The molecule has 36 heavy (non-hydrogen) atoms. The number of anilines is 3. The first-order chi connectivity index (χ1) is 17.2. The number of alkyl halides is 3. The molecule has 4 aromatic rings. The number of pyridine rings is 1. The van der Waals surface area contributed by atoms with E-state index in [2.05, 4.69) is 15.6 Å². The highest BCUT2D eigenvalue weighted by atomic mass is 35.5. The van der Waals surface area contributed by atoms with Gasteiger partial charge in [-0.15, -0.1) is 0 Å². The molecule has 5 nitrogen and oxygen atoms in total. The molecule has 1 aromatic heterocycles. The molecule has 3 aromatic carbocycles. The maximum atomic E-state index is 13.0. The van der Waals surface area contributed by atoms with E-state index in [4.69, 9.17) is 17.3 Å². The molecule has 0 fully saturated rings. The Balaban J connectivity index is 1.43. The van der Waals surface area contributed by atoms with E-state index >= 15 is 0 Å². The Morgan fingerprint density at radius 1 is 0.917 bits per heavy atom. The highest BCUT2D eigenvalue weighted by Crippen LogP contribution is 2.33. The molecule has 0 saturated heterocycles. The normalized spacial score (nSPS) is 11.2. The van der Waals surface area contributed by atoms with Crippen LogP contribution in [0.4, 0.5) is 30.4 Å². The van der Waals surface area contributed by atoms with Gasteiger partial charge in [0.1, 0.15) is 5.82 Å². The van der Waals surface area contributed by atoms with Gasteiger partial charge in [0.15, 0.2) is 0 Å². The summed E-state index contributed by atoms with van der Waals surface area (Å²) in [4.78, 5) is 17.3. The second-order valence-electron chi connectivity index (χ2n) is 8.03. The van der Waals surface area contributed by atoms with Crippen molar-refractivity contribution in [2.75, 3.05) is 22.9 Å². The fraction of sp³-hybridized carbons (Fsp3) is 0.111. The first kappa shape index (κ1) is 25.1. The van der Waals surface area contributed by atoms with Crippen LogP contribution >= 0.6 is 11.6 Å². The van der Waals surface area contributed by atoms with Crippen molar-refractivity contribution in [3.8, 4) is 11.1 Å². The number of nitrogens with two attached hydrogens (primary N) is 1. The third kappa shape index (κ3) is 6.34. The second-order valence-corrected chi connectivity index (χ2v) is 8.46. The van der Waals surface area contributed by atoms with Crippen molar-refractivity contribution < 1.29 is 18.0 Å². The van der Waals surface area contributed by atoms with Crippen LogP contribution < -0.4 is 16.4 Å². The third-order valence-corrected chi connectivity index (χ3v) is 5.67. The van der Waals surface area contributed by atoms with Crippen LogP contribution in [0.5, 0.6) is 0 Å². The van der Waals surface area contributed by atoms with Crippen molar-refractivity contribution in [1.82, 2.24) is 4.98 Å². The van der Waals surface area contributed by atoms with Crippen molar-refractivity contribution >= 4 is 34.7 Å². The molecule has 0 spiro atoms. The van der Waals surface area contributed by atoms with Crippen molar-refractivity contribution in [2.45, 2.75) is 12.6 Å². The van der Waals surface area contributed by atoms with Gasteiger partial charge >= 0.3 is 6.18 Å².